The van der Waals surface area contributed by atoms with Crippen molar-refractivity contribution in [2.45, 2.75) is 57.7 Å². The second-order valence-electron chi connectivity index (χ2n) is 9.60. The monoisotopic (exact) mass is 475 g/mol. The van der Waals surface area contributed by atoms with Crippen LogP contribution in [-0.4, -0.2) is 36.1 Å². The summed E-state index contributed by atoms with van der Waals surface area (Å²) in [5, 5.41) is 0. The van der Waals surface area contributed by atoms with E-state index >= 15 is 0 Å². The second kappa shape index (κ2) is 8.95. The van der Waals surface area contributed by atoms with Gasteiger partial charge in [-0.15, -0.1) is 0 Å². The third-order valence-electron chi connectivity index (χ3n) is 7.32. The van der Waals surface area contributed by atoms with Crippen LogP contribution in [-0.2, 0) is 20.9 Å². The number of amides is 1. The first kappa shape index (κ1) is 22.0. The van der Waals surface area contributed by atoms with Crippen LogP contribution in [0.4, 0.5) is 0 Å². The van der Waals surface area contributed by atoms with E-state index in [9.17, 15) is 9.59 Å². The van der Waals surface area contributed by atoms with E-state index in [2.05, 4.69) is 6.92 Å². The number of fused-ring (bicyclic) bond motifs is 2. The summed E-state index contributed by atoms with van der Waals surface area (Å²) in [5.41, 5.74) is 2.28. The van der Waals surface area contributed by atoms with Crippen molar-refractivity contribution in [1.82, 2.24) is 4.90 Å². The molecule has 1 saturated carbocycles. The topological polar surface area (TPSA) is 74.3 Å². The van der Waals surface area contributed by atoms with E-state index in [1.807, 2.05) is 42.5 Å². The lowest BCUT2D eigenvalue weighted by Crippen LogP contribution is -2.39. The normalized spacial score (nSPS) is 24.8. The van der Waals surface area contributed by atoms with Gasteiger partial charge in [-0.05, 0) is 61.1 Å². The van der Waals surface area contributed by atoms with Crippen LogP contribution in [0.15, 0.2) is 53.8 Å². The molecule has 3 aliphatic heterocycles. The number of rotatable bonds is 6. The molecule has 0 saturated heterocycles. The Hall–Kier alpha value is -3.48. The molecule has 35 heavy (non-hydrogen) atoms. The molecule has 7 heteroatoms. The molecule has 3 heterocycles. The highest BCUT2D eigenvalue weighted by atomic mass is 16.7. The Labute approximate surface area is 204 Å². The van der Waals surface area contributed by atoms with Gasteiger partial charge in [-0.2, -0.15) is 0 Å². The zero-order valence-electron chi connectivity index (χ0n) is 19.8. The summed E-state index contributed by atoms with van der Waals surface area (Å²) in [6, 6.07) is 12.9. The number of Topliss-reactive ketones (excluding diaryl/α,β-unsaturated/α-hetero) is 1. The van der Waals surface area contributed by atoms with Crippen molar-refractivity contribution >= 4 is 11.7 Å². The van der Waals surface area contributed by atoms with Gasteiger partial charge < -0.3 is 23.8 Å². The zero-order valence-corrected chi connectivity index (χ0v) is 19.8. The average Bonchev–Trinajstić information content (AvgIpc) is 3.46. The first-order valence-electron chi connectivity index (χ1n) is 12.5. The molecule has 2 aromatic rings. The van der Waals surface area contributed by atoms with Gasteiger partial charge in [-0.25, -0.2) is 0 Å². The Bertz CT molecular complexity index is 1190. The minimum absolute atomic E-state index is 0.0637. The lowest BCUT2D eigenvalue weighted by atomic mass is 9.77. The van der Waals surface area contributed by atoms with Gasteiger partial charge in [0.15, 0.2) is 23.0 Å². The maximum Gasteiger partial charge on any atom is 0.290 e. The summed E-state index contributed by atoms with van der Waals surface area (Å²) in [6.07, 6.45) is 4.39. The third-order valence-corrected chi connectivity index (χ3v) is 7.32. The number of benzene rings is 2. The lowest BCUT2D eigenvalue weighted by Gasteiger charge is -2.35. The first-order chi connectivity index (χ1) is 17.1. The van der Waals surface area contributed by atoms with Gasteiger partial charge in [0.05, 0.1) is 24.1 Å². The van der Waals surface area contributed by atoms with E-state index in [-0.39, 0.29) is 36.3 Å². The summed E-state index contributed by atoms with van der Waals surface area (Å²) >= 11 is 0. The molecule has 0 radical (unpaired) electrons. The maximum atomic E-state index is 13.8. The fraction of sp³-hybridized carbons (Fsp3) is 0.429. The lowest BCUT2D eigenvalue weighted by molar-refractivity contribution is -0.135. The van der Waals surface area contributed by atoms with Crippen LogP contribution in [0.3, 0.4) is 0 Å². The summed E-state index contributed by atoms with van der Waals surface area (Å²) in [7, 11) is 0. The smallest absolute Gasteiger partial charge is 0.290 e. The van der Waals surface area contributed by atoms with Crippen molar-refractivity contribution in [3.8, 4) is 17.2 Å². The Morgan fingerprint density at radius 3 is 2.63 bits per heavy atom. The van der Waals surface area contributed by atoms with Crippen LogP contribution in [0.5, 0.6) is 17.2 Å². The van der Waals surface area contributed by atoms with Gasteiger partial charge in [-0.1, -0.05) is 31.5 Å². The van der Waals surface area contributed by atoms with Gasteiger partial charge >= 0.3 is 0 Å². The van der Waals surface area contributed by atoms with E-state index in [0.717, 1.165) is 49.0 Å². The molecule has 0 spiro atoms. The summed E-state index contributed by atoms with van der Waals surface area (Å²) in [6.45, 7) is 3.22. The molecule has 0 aromatic heterocycles. The van der Waals surface area contributed by atoms with Gasteiger partial charge in [0, 0.05) is 6.54 Å². The number of ether oxygens (including phenoxy) is 4. The number of hydrogen-bond donors (Lipinski definition) is 0. The fourth-order valence-corrected chi connectivity index (χ4v) is 5.60. The van der Waals surface area contributed by atoms with Crippen LogP contribution in [0.25, 0.3) is 0 Å². The van der Waals surface area contributed by atoms with Crippen molar-refractivity contribution in [3.63, 3.8) is 0 Å². The van der Waals surface area contributed by atoms with Crippen LogP contribution < -0.4 is 14.2 Å². The molecular formula is C28H29NO6. The van der Waals surface area contributed by atoms with E-state index in [1.54, 1.807) is 4.90 Å². The Kier molecular flexibility index (Phi) is 5.63. The molecule has 0 bridgehead atoms. The van der Waals surface area contributed by atoms with Crippen LogP contribution in [0, 0.1) is 5.92 Å². The standard InChI is InChI=1S/C28H29NO6/c1-2-13-32-19-10-8-18(9-11-19)25-24-26(30)20-5-3-4-6-21(20)35-27(24)28(31)29(25)15-17-7-12-22-23(14-17)34-16-33-22/h7-12,14,20-21,25H,2-6,13,15-16H2,1H3. The molecule has 3 atom stereocenters. The Morgan fingerprint density at radius 1 is 1.00 bits per heavy atom. The molecule has 7 nitrogen and oxygen atoms in total. The molecule has 0 N–H and O–H groups in total. The highest BCUT2D eigenvalue weighted by Gasteiger charge is 2.51. The average molecular weight is 476 g/mol. The molecule has 3 unspecified atom stereocenters. The first-order valence-corrected chi connectivity index (χ1v) is 12.5. The Balaban J connectivity index is 1.37. The van der Waals surface area contributed by atoms with Crippen molar-refractivity contribution in [3.05, 3.63) is 64.9 Å². The molecule has 1 amide bonds. The summed E-state index contributed by atoms with van der Waals surface area (Å²) < 4.78 is 23.0. The number of ketones is 1. The number of nitrogens with zero attached hydrogens (tertiary/aromatic N) is 1. The SMILES string of the molecule is CCCOc1ccc(C2C3=C(OC4CCCCC4C3=O)C(=O)N2Cc2ccc3c(c2)OCO3)cc1. The van der Waals surface area contributed by atoms with E-state index in [1.165, 1.54) is 0 Å². The van der Waals surface area contributed by atoms with Crippen LogP contribution in [0.1, 0.15) is 56.2 Å². The predicted octanol–water partition coefficient (Wildman–Crippen LogP) is 4.70. The molecule has 6 rings (SSSR count). The second-order valence-corrected chi connectivity index (χ2v) is 9.60. The van der Waals surface area contributed by atoms with Crippen molar-refractivity contribution in [2.75, 3.05) is 13.4 Å². The Morgan fingerprint density at radius 2 is 1.80 bits per heavy atom. The molecule has 182 valence electrons. The molecule has 4 aliphatic rings. The molecule has 2 aromatic carbocycles. The highest BCUT2D eigenvalue weighted by molar-refractivity contribution is 6.11. The quantitative estimate of drug-likeness (QED) is 0.603. The minimum Gasteiger partial charge on any atom is -0.494 e. The van der Waals surface area contributed by atoms with E-state index < -0.39 is 6.04 Å². The van der Waals surface area contributed by atoms with Gasteiger partial charge in [0.1, 0.15) is 11.9 Å². The number of hydrogen-bond acceptors (Lipinski definition) is 6. The zero-order chi connectivity index (χ0) is 23.9. The molecular weight excluding hydrogens is 446 g/mol. The minimum atomic E-state index is -0.501. The summed E-state index contributed by atoms with van der Waals surface area (Å²) in [4.78, 5) is 29.2. The van der Waals surface area contributed by atoms with Crippen molar-refractivity contribution < 1.29 is 28.5 Å². The third kappa shape index (κ3) is 3.83. The van der Waals surface area contributed by atoms with Gasteiger partial charge in [-0.3, -0.25) is 9.59 Å². The number of carbonyl (C=O) groups excluding carboxylic acids is 2. The molecule has 1 fully saturated rings. The van der Waals surface area contributed by atoms with Crippen LogP contribution in [0.2, 0.25) is 0 Å². The van der Waals surface area contributed by atoms with Crippen molar-refractivity contribution in [1.29, 1.82) is 0 Å². The van der Waals surface area contributed by atoms with Crippen LogP contribution >= 0.6 is 0 Å². The van der Waals surface area contributed by atoms with Crippen molar-refractivity contribution in [2.24, 2.45) is 5.92 Å². The van der Waals surface area contributed by atoms with E-state index in [0.29, 0.717) is 30.2 Å². The van der Waals surface area contributed by atoms with Gasteiger partial charge in [0.25, 0.3) is 5.91 Å². The predicted molar refractivity (Wildman–Crippen MR) is 127 cm³/mol. The molecule has 1 aliphatic carbocycles. The maximum absolute atomic E-state index is 13.8. The van der Waals surface area contributed by atoms with E-state index in [4.69, 9.17) is 18.9 Å². The highest BCUT2D eigenvalue weighted by Crippen LogP contribution is 2.47. The number of carbonyl (C=O) groups is 2. The fourth-order valence-electron chi connectivity index (χ4n) is 5.60. The van der Waals surface area contributed by atoms with Gasteiger partial charge in [0.2, 0.25) is 6.79 Å². The largest absolute Gasteiger partial charge is 0.494 e. The summed E-state index contributed by atoms with van der Waals surface area (Å²) in [5.74, 6) is 2.03.